The monoisotopic (exact) mass is 366 g/mol. The number of carbonyl (C=O) groups excluding carboxylic acids is 2. The smallest absolute Gasteiger partial charge is 0.338 e. The van der Waals surface area contributed by atoms with Gasteiger partial charge in [-0.05, 0) is 75.3 Å². The Balaban J connectivity index is 1.29. The topological polar surface area (TPSA) is 52.6 Å². The molecule has 6 rings (SSSR count). The summed E-state index contributed by atoms with van der Waals surface area (Å²) >= 11 is 0. The summed E-state index contributed by atoms with van der Waals surface area (Å²) in [5.74, 6) is 2.59. The van der Waals surface area contributed by atoms with Gasteiger partial charge in [0, 0.05) is 11.0 Å². The number of hydrogen-bond donors (Lipinski definition) is 0. The predicted octanol–water partition coefficient (Wildman–Crippen LogP) is 4.18. The second-order valence-electron chi connectivity index (χ2n) is 9.11. The van der Waals surface area contributed by atoms with Gasteiger partial charge in [-0.1, -0.05) is 18.2 Å². The van der Waals surface area contributed by atoms with Crippen LogP contribution < -0.4 is 4.74 Å². The van der Waals surface area contributed by atoms with Crippen molar-refractivity contribution in [3.05, 3.63) is 35.4 Å². The first-order valence-corrected chi connectivity index (χ1v) is 10.2. The van der Waals surface area contributed by atoms with Gasteiger partial charge in [-0.25, -0.2) is 4.79 Å². The number of benzene rings is 1. The van der Waals surface area contributed by atoms with Crippen LogP contribution in [0.25, 0.3) is 6.08 Å². The highest BCUT2D eigenvalue weighted by molar-refractivity contribution is 5.98. The summed E-state index contributed by atoms with van der Waals surface area (Å²) in [6.07, 6.45) is 8.01. The maximum absolute atomic E-state index is 13.3. The molecule has 1 aromatic rings. The molecule has 4 bridgehead atoms. The first kappa shape index (κ1) is 17.0. The summed E-state index contributed by atoms with van der Waals surface area (Å²) in [7, 11) is 0. The standard InChI is InChI=1S/C23H26O4/c1-14(21(24)23-10-15-6-16(11-23)8-17(7-15)12-23)27-22(25)19-9-18-4-2-3-5-20(18)26-13-19/h2-5,9,14-17H,6-8,10-13H2,1H3/t14-,15?,16?,17?,23?/m0/s1. The van der Waals surface area contributed by atoms with Crippen molar-refractivity contribution in [2.24, 2.45) is 23.2 Å². The third-order valence-electron chi connectivity index (χ3n) is 7.11. The van der Waals surface area contributed by atoms with Crippen molar-refractivity contribution >= 4 is 17.8 Å². The number of rotatable bonds is 4. The van der Waals surface area contributed by atoms with Crippen LogP contribution in [0.2, 0.25) is 0 Å². The Bertz CT molecular complexity index is 786. The zero-order valence-corrected chi connectivity index (χ0v) is 15.8. The number of carbonyl (C=O) groups is 2. The largest absolute Gasteiger partial charge is 0.488 e. The van der Waals surface area contributed by atoms with Crippen molar-refractivity contribution in [1.29, 1.82) is 0 Å². The highest BCUT2D eigenvalue weighted by Gasteiger charge is 2.55. The normalized spacial score (nSPS) is 34.3. The summed E-state index contributed by atoms with van der Waals surface area (Å²) in [4.78, 5) is 25.9. The molecule has 4 aliphatic carbocycles. The third kappa shape index (κ3) is 2.90. The lowest BCUT2D eigenvalue weighted by atomic mass is 9.48. The molecular weight excluding hydrogens is 340 g/mol. The Labute approximate surface area is 159 Å². The Morgan fingerprint density at radius 3 is 2.37 bits per heavy atom. The van der Waals surface area contributed by atoms with E-state index in [1.807, 2.05) is 30.3 Å². The van der Waals surface area contributed by atoms with Gasteiger partial charge in [0.25, 0.3) is 0 Å². The second kappa shape index (κ2) is 6.22. The lowest BCUT2D eigenvalue weighted by Gasteiger charge is -2.56. The van der Waals surface area contributed by atoms with Crippen LogP contribution in [0.3, 0.4) is 0 Å². The fourth-order valence-corrected chi connectivity index (χ4v) is 6.37. The molecule has 4 nitrogen and oxygen atoms in total. The van der Waals surface area contributed by atoms with Gasteiger partial charge in [-0.15, -0.1) is 0 Å². The maximum atomic E-state index is 13.3. The molecule has 4 fully saturated rings. The van der Waals surface area contributed by atoms with Gasteiger partial charge in [-0.3, -0.25) is 4.79 Å². The Kier molecular flexibility index (Phi) is 3.92. The van der Waals surface area contributed by atoms with Crippen molar-refractivity contribution in [1.82, 2.24) is 0 Å². The van der Waals surface area contributed by atoms with Gasteiger partial charge in [0.05, 0.1) is 5.57 Å². The SMILES string of the molecule is C[C@H](OC(=O)C1=Cc2ccccc2OC1)C(=O)C12CC3CC(CC(C3)C1)C2. The molecule has 0 N–H and O–H groups in total. The van der Waals surface area contributed by atoms with Crippen molar-refractivity contribution < 1.29 is 19.1 Å². The van der Waals surface area contributed by atoms with Gasteiger partial charge < -0.3 is 9.47 Å². The molecule has 4 heteroatoms. The van der Waals surface area contributed by atoms with Crippen LogP contribution in [0, 0.1) is 23.2 Å². The molecule has 1 aliphatic heterocycles. The van der Waals surface area contributed by atoms with E-state index < -0.39 is 12.1 Å². The van der Waals surface area contributed by atoms with E-state index in [-0.39, 0.29) is 17.8 Å². The van der Waals surface area contributed by atoms with Crippen molar-refractivity contribution in [3.63, 3.8) is 0 Å². The lowest BCUT2D eigenvalue weighted by molar-refractivity contribution is -0.162. The van der Waals surface area contributed by atoms with Gasteiger partial charge >= 0.3 is 5.97 Å². The number of Topliss-reactive ketones (excluding diaryl/α,β-unsaturated/α-hetero) is 1. The van der Waals surface area contributed by atoms with Crippen LogP contribution in [-0.4, -0.2) is 24.5 Å². The molecule has 0 saturated heterocycles. The highest BCUT2D eigenvalue weighted by atomic mass is 16.5. The number of para-hydroxylation sites is 1. The molecule has 0 spiro atoms. The van der Waals surface area contributed by atoms with E-state index in [4.69, 9.17) is 9.47 Å². The van der Waals surface area contributed by atoms with E-state index in [2.05, 4.69) is 0 Å². The van der Waals surface area contributed by atoms with Crippen LogP contribution in [-0.2, 0) is 14.3 Å². The van der Waals surface area contributed by atoms with Gasteiger partial charge in [-0.2, -0.15) is 0 Å². The molecule has 27 heavy (non-hydrogen) atoms. The summed E-state index contributed by atoms with van der Waals surface area (Å²) in [6.45, 7) is 1.94. The average molecular weight is 366 g/mol. The molecule has 1 aromatic carbocycles. The number of esters is 1. The maximum Gasteiger partial charge on any atom is 0.338 e. The van der Waals surface area contributed by atoms with E-state index in [1.54, 1.807) is 6.92 Å². The minimum atomic E-state index is -0.688. The van der Waals surface area contributed by atoms with Crippen molar-refractivity contribution in [2.45, 2.75) is 51.6 Å². The molecule has 1 heterocycles. The Hall–Kier alpha value is -2.10. The highest BCUT2D eigenvalue weighted by Crippen LogP contribution is 2.60. The average Bonchev–Trinajstić information content (AvgIpc) is 2.65. The molecule has 142 valence electrons. The lowest BCUT2D eigenvalue weighted by Crippen LogP contribution is -2.52. The summed E-state index contributed by atoms with van der Waals surface area (Å²) in [5.41, 5.74) is 1.10. The van der Waals surface area contributed by atoms with E-state index in [9.17, 15) is 9.59 Å². The van der Waals surface area contributed by atoms with Crippen molar-refractivity contribution in [3.8, 4) is 5.75 Å². The van der Waals surface area contributed by atoms with Gasteiger partial charge in [0.15, 0.2) is 11.9 Å². The minimum absolute atomic E-state index is 0.146. The molecular formula is C23H26O4. The molecule has 5 aliphatic rings. The van der Waals surface area contributed by atoms with Crippen LogP contribution >= 0.6 is 0 Å². The van der Waals surface area contributed by atoms with Crippen LogP contribution in [0.15, 0.2) is 29.8 Å². The first-order valence-electron chi connectivity index (χ1n) is 10.2. The van der Waals surface area contributed by atoms with Crippen LogP contribution in [0.5, 0.6) is 5.75 Å². The third-order valence-corrected chi connectivity index (χ3v) is 7.11. The van der Waals surface area contributed by atoms with Gasteiger partial charge in [0.1, 0.15) is 12.4 Å². The van der Waals surface area contributed by atoms with Crippen molar-refractivity contribution in [2.75, 3.05) is 6.61 Å². The van der Waals surface area contributed by atoms with Crippen LogP contribution in [0.4, 0.5) is 0 Å². The fourth-order valence-electron chi connectivity index (χ4n) is 6.37. The molecule has 0 unspecified atom stereocenters. The van der Waals surface area contributed by atoms with E-state index in [1.165, 1.54) is 19.3 Å². The minimum Gasteiger partial charge on any atom is -0.488 e. The molecule has 0 radical (unpaired) electrons. The fraction of sp³-hybridized carbons (Fsp3) is 0.565. The van der Waals surface area contributed by atoms with E-state index in [0.717, 1.165) is 30.6 Å². The summed E-state index contributed by atoms with van der Waals surface area (Å²) in [6, 6.07) is 7.60. The summed E-state index contributed by atoms with van der Waals surface area (Å²) in [5, 5.41) is 0. The first-order chi connectivity index (χ1) is 13.0. The Morgan fingerprint density at radius 1 is 1.07 bits per heavy atom. The predicted molar refractivity (Wildman–Crippen MR) is 101 cm³/mol. The molecule has 0 aromatic heterocycles. The van der Waals surface area contributed by atoms with Gasteiger partial charge in [0.2, 0.25) is 0 Å². The number of fused-ring (bicyclic) bond motifs is 1. The van der Waals surface area contributed by atoms with Crippen LogP contribution in [0.1, 0.15) is 51.0 Å². The molecule has 0 amide bonds. The molecule has 1 atom stereocenters. The number of ketones is 1. The number of ether oxygens (including phenoxy) is 2. The zero-order valence-electron chi connectivity index (χ0n) is 15.8. The van der Waals surface area contributed by atoms with E-state index in [0.29, 0.717) is 23.3 Å². The zero-order chi connectivity index (χ0) is 18.6. The van der Waals surface area contributed by atoms with E-state index >= 15 is 0 Å². The number of hydrogen-bond acceptors (Lipinski definition) is 4. The summed E-state index contributed by atoms with van der Waals surface area (Å²) < 4.78 is 11.3. The second-order valence-corrected chi connectivity index (χ2v) is 9.11. The quantitative estimate of drug-likeness (QED) is 0.750. The molecule has 4 saturated carbocycles. The Morgan fingerprint density at radius 2 is 1.70 bits per heavy atom.